The highest BCUT2D eigenvalue weighted by atomic mass is 32.2. The zero-order valence-corrected chi connectivity index (χ0v) is 30.8. The maximum Gasteiger partial charge on any atom is 0.321 e. The smallest absolute Gasteiger partial charge is 0.321 e. The third kappa shape index (κ3) is 6.26. The molecule has 0 radical (unpaired) electrons. The van der Waals surface area contributed by atoms with Crippen molar-refractivity contribution >= 4 is 22.5 Å². The van der Waals surface area contributed by atoms with Gasteiger partial charge in [-0.25, -0.2) is 8.42 Å². The third-order valence-corrected chi connectivity index (χ3v) is 15.7. The Labute approximate surface area is 284 Å². The summed E-state index contributed by atoms with van der Waals surface area (Å²) >= 11 is 0. The van der Waals surface area contributed by atoms with Gasteiger partial charge < -0.3 is 14.9 Å². The number of aliphatic hydroxyl groups is 2. The molecule has 2 N–H and O–H groups in total. The van der Waals surface area contributed by atoms with Crippen molar-refractivity contribution in [3.05, 3.63) is 29.8 Å². The van der Waals surface area contributed by atoms with E-state index in [1.165, 1.54) is 6.07 Å². The third-order valence-electron chi connectivity index (χ3n) is 14.1. The number of ether oxygens (including phenoxy) is 1. The van der Waals surface area contributed by atoms with Gasteiger partial charge in [0.1, 0.15) is 0 Å². The second-order valence-corrected chi connectivity index (χ2v) is 19.3. The molecule has 7 nitrogen and oxygen atoms in total. The van der Waals surface area contributed by atoms with E-state index < -0.39 is 21.6 Å². The number of fused-ring (bicyclic) bond motifs is 5. The van der Waals surface area contributed by atoms with Crippen LogP contribution in [-0.2, 0) is 24.8 Å². The lowest BCUT2D eigenvalue weighted by atomic mass is 9.41. The van der Waals surface area contributed by atoms with E-state index in [4.69, 9.17) is 9.73 Å². The van der Waals surface area contributed by atoms with Crippen LogP contribution < -0.4 is 0 Å². The topological polar surface area (TPSA) is 113 Å². The molecule has 0 bridgehead atoms. The van der Waals surface area contributed by atoms with Crippen LogP contribution in [0.1, 0.15) is 118 Å². The van der Waals surface area contributed by atoms with Crippen molar-refractivity contribution in [1.82, 2.24) is 0 Å². The average Bonchev–Trinajstić information content (AvgIpc) is 3.32. The Morgan fingerprint density at radius 2 is 1.79 bits per heavy atom. The van der Waals surface area contributed by atoms with Gasteiger partial charge in [-0.05, 0) is 134 Å². The summed E-state index contributed by atoms with van der Waals surface area (Å²) in [5.74, 6) is 0.440. The number of benzene rings is 1. The number of hydrogen-bond donors (Lipinski definition) is 2. The molecule has 4 saturated carbocycles. The van der Waals surface area contributed by atoms with Crippen LogP contribution in [0.25, 0.3) is 0 Å². The Balaban J connectivity index is 1.23. The molecule has 11 atom stereocenters. The van der Waals surface area contributed by atoms with Gasteiger partial charge in [-0.15, -0.1) is 0 Å². The minimum Gasteiger partial charge on any atom is -0.465 e. The summed E-state index contributed by atoms with van der Waals surface area (Å²) in [7, 11) is -3.81. The van der Waals surface area contributed by atoms with Gasteiger partial charge in [0.05, 0.1) is 29.2 Å². The van der Waals surface area contributed by atoms with Gasteiger partial charge in [0, 0.05) is 0 Å². The number of aliphatic imine (C=N–C) groups is 1. The van der Waals surface area contributed by atoms with Gasteiger partial charge in [-0.2, -0.15) is 0 Å². The fraction of sp³-hybridized carbons (Fsp3) is 0.795. The number of rotatable bonds is 10. The van der Waals surface area contributed by atoms with E-state index in [1.807, 2.05) is 26.8 Å². The normalized spacial score (nSPS) is 39.3. The van der Waals surface area contributed by atoms with E-state index in [0.29, 0.717) is 24.2 Å². The van der Waals surface area contributed by atoms with Crippen LogP contribution in [0, 0.1) is 46.3 Å². The van der Waals surface area contributed by atoms with Gasteiger partial charge >= 0.3 is 5.97 Å². The molecular weight excluding hydrogens is 610 g/mol. The first-order valence-corrected chi connectivity index (χ1v) is 19.9. The zero-order valence-electron chi connectivity index (χ0n) is 30.0. The highest BCUT2D eigenvalue weighted by Gasteiger charge is 2.68. The lowest BCUT2D eigenvalue weighted by Crippen LogP contribution is -2.63. The molecule has 0 saturated heterocycles. The summed E-state index contributed by atoms with van der Waals surface area (Å²) in [4.78, 5) is 17.8. The Kier molecular flexibility index (Phi) is 10.2. The van der Waals surface area contributed by atoms with Crippen LogP contribution >= 0.6 is 0 Å². The standard InChI is InChI=1S/C39H61NO6S/c1-9-29-32-23-27(41)15-18-37(32,6)30-16-19-38(7)31(34(30)35(29)43)17-20-39(38,40-8)25(2)12-11-21-46-33(42)24-47(44,45)28-14-10-13-26(22-28)36(3,4)5/h10,13-14,22,25,27,29-32,34-35,41,43H,8-9,11-12,15-21,23-24H2,1-7H3/t25-,27-,29-,30?,31?,32?,34?,35-,37?,38?,39?/m1/s1. The van der Waals surface area contributed by atoms with E-state index in [2.05, 4.69) is 34.4 Å². The van der Waals surface area contributed by atoms with Crippen molar-refractivity contribution in [3.63, 3.8) is 0 Å². The largest absolute Gasteiger partial charge is 0.465 e. The van der Waals surface area contributed by atoms with Gasteiger partial charge in [0.25, 0.3) is 0 Å². The highest BCUT2D eigenvalue weighted by molar-refractivity contribution is 7.92. The maximum absolute atomic E-state index is 13.0. The van der Waals surface area contributed by atoms with Crippen LogP contribution in [0.5, 0.6) is 0 Å². The number of aliphatic hydroxyl groups excluding tert-OH is 2. The Morgan fingerprint density at radius 3 is 2.45 bits per heavy atom. The second-order valence-electron chi connectivity index (χ2n) is 17.3. The second kappa shape index (κ2) is 13.2. The van der Waals surface area contributed by atoms with E-state index in [9.17, 15) is 23.4 Å². The van der Waals surface area contributed by atoms with E-state index >= 15 is 0 Å². The van der Waals surface area contributed by atoms with Gasteiger partial charge in [-0.1, -0.05) is 67.0 Å². The van der Waals surface area contributed by atoms with E-state index in [-0.39, 0.29) is 63.2 Å². The zero-order chi connectivity index (χ0) is 34.6. The van der Waals surface area contributed by atoms with Crippen molar-refractivity contribution in [2.75, 3.05) is 12.4 Å². The molecule has 0 spiro atoms. The molecular formula is C39H61NO6S. The number of nitrogens with zero attached hydrogens (tertiary/aromatic N) is 1. The number of carbonyl (C=O) groups excluding carboxylic acids is 1. The van der Waals surface area contributed by atoms with Gasteiger partial charge in [-0.3, -0.25) is 9.79 Å². The fourth-order valence-corrected chi connectivity index (χ4v) is 12.6. The predicted molar refractivity (Wildman–Crippen MR) is 187 cm³/mol. The van der Waals surface area contributed by atoms with Crippen LogP contribution in [0.4, 0.5) is 0 Å². The molecule has 8 heteroatoms. The number of sulfone groups is 1. The number of hydrogen-bond acceptors (Lipinski definition) is 7. The monoisotopic (exact) mass is 671 g/mol. The molecule has 0 aliphatic heterocycles. The summed E-state index contributed by atoms with van der Waals surface area (Å²) in [5, 5.41) is 22.7. The van der Waals surface area contributed by atoms with Crippen LogP contribution in [0.2, 0.25) is 0 Å². The minimum absolute atomic E-state index is 0.0850. The molecule has 4 aliphatic rings. The van der Waals surface area contributed by atoms with Gasteiger partial charge in [0.2, 0.25) is 0 Å². The summed E-state index contributed by atoms with van der Waals surface area (Å²) in [5.41, 5.74) is 0.438. The molecule has 47 heavy (non-hydrogen) atoms. The lowest BCUT2D eigenvalue weighted by Gasteiger charge is -2.65. The van der Waals surface area contributed by atoms with Crippen molar-refractivity contribution < 1.29 is 28.2 Å². The first-order valence-electron chi connectivity index (χ1n) is 18.3. The molecule has 0 amide bonds. The van der Waals surface area contributed by atoms with Crippen molar-refractivity contribution in [1.29, 1.82) is 0 Å². The molecule has 4 fully saturated rings. The Bertz CT molecular complexity index is 1420. The first-order chi connectivity index (χ1) is 21.9. The maximum atomic E-state index is 13.0. The van der Waals surface area contributed by atoms with Crippen LogP contribution in [0.15, 0.2) is 34.2 Å². The predicted octanol–water partition coefficient (Wildman–Crippen LogP) is 7.17. The van der Waals surface area contributed by atoms with Crippen molar-refractivity contribution in [2.24, 2.45) is 51.3 Å². The van der Waals surface area contributed by atoms with Crippen molar-refractivity contribution in [3.8, 4) is 0 Å². The molecule has 0 heterocycles. The fourth-order valence-electron chi connectivity index (χ4n) is 11.5. The number of esters is 1. The molecule has 0 aromatic heterocycles. The SMILES string of the molecule is C=NC1([C@H](C)CCCOC(=O)CS(=O)(=O)c2cccc(C(C)(C)C)c2)CCC2C3C(CCC21C)C1(C)CC[C@@H](O)CC1[C@@H](CC)[C@H]3O. The van der Waals surface area contributed by atoms with E-state index in [1.54, 1.807) is 12.1 Å². The first kappa shape index (κ1) is 36.5. The summed E-state index contributed by atoms with van der Waals surface area (Å²) < 4.78 is 31.5. The quantitative estimate of drug-likeness (QED) is 0.155. The summed E-state index contributed by atoms with van der Waals surface area (Å²) in [6.07, 6.45) is 8.55. The summed E-state index contributed by atoms with van der Waals surface area (Å²) in [6, 6.07) is 6.82. The van der Waals surface area contributed by atoms with Crippen LogP contribution in [0.3, 0.4) is 0 Å². The average molecular weight is 672 g/mol. The van der Waals surface area contributed by atoms with Crippen LogP contribution in [-0.4, -0.2) is 61.4 Å². The number of carbonyl (C=O) groups is 1. The molecule has 4 aliphatic carbocycles. The van der Waals surface area contributed by atoms with Crippen molar-refractivity contribution in [2.45, 2.75) is 141 Å². The molecule has 264 valence electrons. The molecule has 5 rings (SSSR count). The Morgan fingerprint density at radius 1 is 1.09 bits per heavy atom. The minimum atomic E-state index is -3.81. The lowest BCUT2D eigenvalue weighted by molar-refractivity contribution is -0.204. The highest BCUT2D eigenvalue weighted by Crippen LogP contribution is 2.71. The molecule has 1 aromatic rings. The molecule has 7 unspecified atom stereocenters. The summed E-state index contributed by atoms with van der Waals surface area (Å²) in [6.45, 7) is 19.7. The molecule has 1 aromatic carbocycles. The Hall–Kier alpha value is -1.77. The van der Waals surface area contributed by atoms with Gasteiger partial charge in [0.15, 0.2) is 15.6 Å². The van der Waals surface area contributed by atoms with E-state index in [0.717, 1.165) is 63.4 Å².